The summed E-state index contributed by atoms with van der Waals surface area (Å²) in [6, 6.07) is 15.5. The number of nitrogens with one attached hydrogen (secondary N) is 1. The van der Waals surface area contributed by atoms with Crippen molar-refractivity contribution in [3.8, 4) is 17.2 Å². The minimum absolute atomic E-state index is 0.471. The van der Waals surface area contributed by atoms with E-state index in [0.29, 0.717) is 17.2 Å². The van der Waals surface area contributed by atoms with Crippen molar-refractivity contribution in [2.75, 3.05) is 0 Å². The number of fused-ring (bicyclic) bond motifs is 1. The van der Waals surface area contributed by atoms with Crippen LogP contribution in [0.3, 0.4) is 0 Å². The van der Waals surface area contributed by atoms with E-state index in [1.165, 1.54) is 0 Å². The zero-order valence-electron chi connectivity index (χ0n) is 11.8. The maximum atomic E-state index is 12.0. The fourth-order valence-corrected chi connectivity index (χ4v) is 5.53. The van der Waals surface area contributed by atoms with E-state index < -0.39 is 19.7 Å². The van der Waals surface area contributed by atoms with Crippen molar-refractivity contribution in [2.45, 2.75) is 13.0 Å². The summed E-state index contributed by atoms with van der Waals surface area (Å²) in [5, 5.41) is 2.98. The Bertz CT molecular complexity index is 726. The topological polar surface area (TPSA) is 66.0 Å². The van der Waals surface area contributed by atoms with Gasteiger partial charge in [0.25, 0.3) is 0 Å². The van der Waals surface area contributed by atoms with Crippen LogP contribution in [0, 0.1) is 0 Å². The van der Waals surface area contributed by atoms with Crippen LogP contribution in [0.25, 0.3) is 0 Å². The van der Waals surface area contributed by atoms with Gasteiger partial charge in [0, 0.05) is 0 Å². The molecule has 0 saturated carbocycles. The molecule has 7 heteroatoms. The molecule has 2 aliphatic heterocycles. The van der Waals surface area contributed by atoms with Gasteiger partial charge in [-0.05, 0) is 0 Å². The van der Waals surface area contributed by atoms with Crippen molar-refractivity contribution in [1.82, 2.24) is 5.09 Å². The fraction of sp³-hybridized carbons (Fsp3) is 0.133. The number of hydrogen-bond donors (Lipinski definition) is 1. The molecule has 2 aromatic carbocycles. The van der Waals surface area contributed by atoms with Crippen molar-refractivity contribution >= 4 is 13.6 Å². The van der Waals surface area contributed by atoms with Gasteiger partial charge in [0.15, 0.2) is 0 Å². The predicted molar refractivity (Wildman–Crippen MR) is 80.4 cm³/mol. The monoisotopic (exact) mass is 319 g/mol. The molecular weight excluding hydrogens is 305 g/mol. The Kier molecular flexibility index (Phi) is 2.64. The molecule has 1 fully saturated rings. The SMILES string of the molecule is CC1NP2(Oc3ccccc3)(OC1=O)Oc1ccccc1O2. The van der Waals surface area contributed by atoms with Crippen LogP contribution in [0.5, 0.6) is 17.2 Å². The Labute approximate surface area is 127 Å². The van der Waals surface area contributed by atoms with E-state index in [9.17, 15) is 4.79 Å². The van der Waals surface area contributed by atoms with E-state index in [4.69, 9.17) is 18.1 Å². The van der Waals surface area contributed by atoms with Crippen LogP contribution < -0.4 is 18.7 Å². The van der Waals surface area contributed by atoms with Crippen molar-refractivity contribution in [2.24, 2.45) is 0 Å². The van der Waals surface area contributed by atoms with Crippen LogP contribution >= 0.6 is 7.66 Å². The molecule has 6 nitrogen and oxygen atoms in total. The minimum atomic E-state index is -4.28. The van der Waals surface area contributed by atoms with Gasteiger partial charge >= 0.3 is 126 Å². The normalized spacial score (nSPS) is 25.2. The molecule has 0 aromatic heterocycles. The molecule has 1 atom stereocenters. The Morgan fingerprint density at radius 1 is 0.955 bits per heavy atom. The average Bonchev–Trinajstić information content (AvgIpc) is 2.93. The van der Waals surface area contributed by atoms with Crippen molar-refractivity contribution in [1.29, 1.82) is 0 Å². The number of benzene rings is 2. The molecule has 1 spiro atoms. The standard InChI is InChI=1S/C15H14NO5P/c1-11-15(17)21-22(16-11,18-12-7-3-2-4-8-12)19-13-9-5-6-10-14(13)20-22/h2-11,16H,1H3. The molecule has 1 saturated heterocycles. The summed E-state index contributed by atoms with van der Waals surface area (Å²) in [6.07, 6.45) is 0. The first-order valence-corrected chi connectivity index (χ1v) is 8.78. The second-order valence-corrected chi connectivity index (χ2v) is 7.72. The quantitative estimate of drug-likeness (QED) is 0.858. The molecule has 2 aliphatic rings. The zero-order chi connectivity index (χ0) is 15.2. The molecule has 22 heavy (non-hydrogen) atoms. The van der Waals surface area contributed by atoms with Gasteiger partial charge in [-0.3, -0.25) is 0 Å². The molecule has 0 amide bonds. The number of rotatable bonds is 2. The van der Waals surface area contributed by atoms with E-state index >= 15 is 0 Å². The zero-order valence-corrected chi connectivity index (χ0v) is 12.7. The summed E-state index contributed by atoms with van der Waals surface area (Å²) >= 11 is 0. The van der Waals surface area contributed by atoms with Crippen molar-refractivity contribution in [3.05, 3.63) is 54.6 Å². The van der Waals surface area contributed by atoms with Gasteiger partial charge in [-0.1, -0.05) is 0 Å². The molecule has 1 unspecified atom stereocenters. The molecule has 0 radical (unpaired) electrons. The number of hydrogen-bond acceptors (Lipinski definition) is 6. The molecular formula is C15H14NO5P. The number of carbonyl (C=O) groups is 1. The van der Waals surface area contributed by atoms with E-state index in [-0.39, 0.29) is 0 Å². The Morgan fingerprint density at radius 2 is 1.55 bits per heavy atom. The van der Waals surface area contributed by atoms with E-state index in [1.807, 2.05) is 30.3 Å². The van der Waals surface area contributed by atoms with Crippen molar-refractivity contribution in [3.63, 3.8) is 0 Å². The van der Waals surface area contributed by atoms with Gasteiger partial charge in [-0.15, -0.1) is 0 Å². The van der Waals surface area contributed by atoms with Gasteiger partial charge in [0.2, 0.25) is 0 Å². The first-order chi connectivity index (χ1) is 10.6. The molecule has 0 aliphatic carbocycles. The van der Waals surface area contributed by atoms with Crippen LogP contribution in [0.2, 0.25) is 0 Å². The van der Waals surface area contributed by atoms with Crippen LogP contribution in [0.4, 0.5) is 0 Å². The van der Waals surface area contributed by atoms with E-state index in [1.54, 1.807) is 31.2 Å². The van der Waals surface area contributed by atoms with Crippen molar-refractivity contribution < 1.29 is 22.9 Å². The summed E-state index contributed by atoms with van der Waals surface area (Å²) in [6.45, 7) is 1.67. The molecule has 1 N–H and O–H groups in total. The molecule has 4 rings (SSSR count). The third-order valence-electron chi connectivity index (χ3n) is 3.37. The van der Waals surface area contributed by atoms with Gasteiger partial charge in [0.1, 0.15) is 0 Å². The third-order valence-corrected chi connectivity index (χ3v) is 6.22. The van der Waals surface area contributed by atoms with Gasteiger partial charge in [-0.25, -0.2) is 0 Å². The predicted octanol–water partition coefficient (Wildman–Crippen LogP) is 3.20. The summed E-state index contributed by atoms with van der Waals surface area (Å²) < 4.78 is 23.3. The molecule has 0 bridgehead atoms. The maximum absolute atomic E-state index is 12.0. The first-order valence-electron chi connectivity index (χ1n) is 6.87. The third kappa shape index (κ3) is 1.92. The number of carbonyl (C=O) groups excluding carboxylic acids is 1. The van der Waals surface area contributed by atoms with E-state index in [2.05, 4.69) is 5.09 Å². The Balaban J connectivity index is 1.80. The number of para-hydroxylation sites is 3. The van der Waals surface area contributed by atoms with Crippen LogP contribution in [0.1, 0.15) is 6.92 Å². The van der Waals surface area contributed by atoms with Crippen LogP contribution in [0.15, 0.2) is 54.6 Å². The molecule has 2 heterocycles. The summed E-state index contributed by atoms with van der Waals surface area (Å²) in [5.41, 5.74) is 0. The summed E-state index contributed by atoms with van der Waals surface area (Å²) in [4.78, 5) is 12.0. The Morgan fingerprint density at radius 3 is 2.09 bits per heavy atom. The average molecular weight is 319 g/mol. The van der Waals surface area contributed by atoms with Gasteiger partial charge < -0.3 is 0 Å². The van der Waals surface area contributed by atoms with Crippen LogP contribution in [-0.4, -0.2) is 12.0 Å². The Hall–Kier alpha value is -2.30. The van der Waals surface area contributed by atoms with Gasteiger partial charge in [-0.2, -0.15) is 0 Å². The second-order valence-electron chi connectivity index (χ2n) is 5.11. The fourth-order valence-electron chi connectivity index (χ4n) is 2.42. The van der Waals surface area contributed by atoms with Crippen LogP contribution in [-0.2, 0) is 9.32 Å². The molecule has 114 valence electrons. The summed E-state index contributed by atoms with van der Waals surface area (Å²) in [5.74, 6) is 0.972. The molecule has 2 aromatic rings. The van der Waals surface area contributed by atoms with E-state index in [0.717, 1.165) is 0 Å². The van der Waals surface area contributed by atoms with Gasteiger partial charge in [0.05, 0.1) is 0 Å². The summed E-state index contributed by atoms with van der Waals surface area (Å²) in [7, 11) is -4.28. The second kappa shape index (κ2) is 4.35. The first kappa shape index (κ1) is 13.4.